The van der Waals surface area contributed by atoms with Gasteiger partial charge in [-0.05, 0) is 118 Å². The normalized spacial score (nSPS) is 22.3. The molecule has 15 heteroatoms. The number of benzene rings is 3. The summed E-state index contributed by atoms with van der Waals surface area (Å²) in [6.07, 6.45) is 8.75. The number of carbonyl (C=O) groups excluding carboxylic acids is 4. The quantitative estimate of drug-likeness (QED) is 0.118. The molecule has 1 aliphatic carbocycles. The van der Waals surface area contributed by atoms with Crippen LogP contribution in [0.25, 0.3) is 0 Å². The molecule has 62 heavy (non-hydrogen) atoms. The second kappa shape index (κ2) is 16.3. The van der Waals surface area contributed by atoms with Gasteiger partial charge >= 0.3 is 0 Å². The number of amides is 4. The van der Waals surface area contributed by atoms with Crippen molar-refractivity contribution in [3.63, 3.8) is 0 Å². The summed E-state index contributed by atoms with van der Waals surface area (Å²) >= 11 is 0. The summed E-state index contributed by atoms with van der Waals surface area (Å²) in [6, 6.07) is 22.4. The summed E-state index contributed by atoms with van der Waals surface area (Å²) in [5.74, 6) is 0.963. The number of likely N-dealkylation sites (tertiary alicyclic amines) is 2. The lowest BCUT2D eigenvalue weighted by Crippen LogP contribution is -2.58. The van der Waals surface area contributed by atoms with Crippen LogP contribution in [0.3, 0.4) is 0 Å². The fraction of sp³-hybridized carbons (Fsp3) is 0.426. The maximum atomic E-state index is 13.3. The van der Waals surface area contributed by atoms with Gasteiger partial charge in [-0.15, -0.1) is 0 Å². The number of ether oxygens (including phenoxy) is 1. The smallest absolute Gasteiger partial charge is 0.262 e. The topological polar surface area (TPSA) is 190 Å². The fourth-order valence-electron chi connectivity index (χ4n) is 10.5. The van der Waals surface area contributed by atoms with Gasteiger partial charge in [0, 0.05) is 68.4 Å². The van der Waals surface area contributed by atoms with Crippen LogP contribution >= 0.6 is 0 Å². The van der Waals surface area contributed by atoms with Crippen LogP contribution in [0.5, 0.6) is 11.5 Å². The zero-order valence-electron chi connectivity index (χ0n) is 34.7. The van der Waals surface area contributed by atoms with E-state index in [-0.39, 0.29) is 36.3 Å². The first-order chi connectivity index (χ1) is 30.1. The van der Waals surface area contributed by atoms with Crippen LogP contribution < -0.4 is 26.0 Å². The molecule has 6 aliphatic rings. The molecule has 15 nitrogen and oxygen atoms in total. The van der Waals surface area contributed by atoms with Gasteiger partial charge in [0.25, 0.3) is 11.8 Å². The van der Waals surface area contributed by atoms with Crippen LogP contribution in [0.15, 0.2) is 79.1 Å². The van der Waals surface area contributed by atoms with Crippen molar-refractivity contribution >= 4 is 46.7 Å². The summed E-state index contributed by atoms with van der Waals surface area (Å²) in [7, 11) is 0. The molecule has 1 saturated carbocycles. The number of nitrogens with zero attached hydrogens (tertiary/aromatic N) is 6. The number of piperidine rings is 3. The van der Waals surface area contributed by atoms with Crippen molar-refractivity contribution in [3.8, 4) is 11.5 Å². The molecular formula is C47H52N10O5. The summed E-state index contributed by atoms with van der Waals surface area (Å²) in [4.78, 5) is 67.9. The van der Waals surface area contributed by atoms with Crippen molar-refractivity contribution in [2.75, 3.05) is 61.8 Å². The highest BCUT2D eigenvalue weighted by atomic mass is 16.5. The first kappa shape index (κ1) is 39.9. The van der Waals surface area contributed by atoms with E-state index in [1.165, 1.54) is 32.0 Å². The first-order valence-corrected chi connectivity index (χ1v) is 22.0. The van der Waals surface area contributed by atoms with Crippen LogP contribution in [0.1, 0.15) is 83.2 Å². The average Bonchev–Trinajstić information content (AvgIpc) is 3.50. The molecule has 10 rings (SSSR count). The molecule has 1 atom stereocenters. The Morgan fingerprint density at radius 2 is 1.56 bits per heavy atom. The molecule has 4 aromatic rings. The summed E-state index contributed by atoms with van der Waals surface area (Å²) in [5.41, 5.74) is 9.88. The number of fused-ring (bicyclic) bond motifs is 1. The number of nitrogens with one attached hydrogen (secondary N) is 3. The molecule has 3 aromatic carbocycles. The van der Waals surface area contributed by atoms with E-state index in [4.69, 9.17) is 15.9 Å². The number of imide groups is 2. The highest BCUT2D eigenvalue weighted by Gasteiger charge is 2.49. The number of nitrogens with two attached hydrogens (primary N) is 1. The van der Waals surface area contributed by atoms with E-state index in [1.807, 2.05) is 60.7 Å². The molecule has 320 valence electrons. The highest BCUT2D eigenvalue weighted by molar-refractivity contribution is 6.23. The van der Waals surface area contributed by atoms with E-state index in [0.29, 0.717) is 51.2 Å². The van der Waals surface area contributed by atoms with Crippen LogP contribution in [0.2, 0.25) is 0 Å². The van der Waals surface area contributed by atoms with Crippen molar-refractivity contribution in [2.24, 2.45) is 11.3 Å². The molecule has 6 heterocycles. The number of nitrogen functional groups attached to an aromatic ring is 1. The van der Waals surface area contributed by atoms with Gasteiger partial charge < -0.3 is 30.5 Å². The third-order valence-electron chi connectivity index (χ3n) is 14.2. The summed E-state index contributed by atoms with van der Waals surface area (Å²) in [5, 5.41) is 14.9. The lowest BCUT2D eigenvalue weighted by molar-refractivity contribution is -0.136. The van der Waals surface area contributed by atoms with Crippen LogP contribution in [-0.2, 0) is 9.59 Å². The Labute approximate surface area is 360 Å². The van der Waals surface area contributed by atoms with E-state index in [1.54, 1.807) is 12.1 Å². The summed E-state index contributed by atoms with van der Waals surface area (Å²) in [6.45, 7) is 7.20. The lowest BCUT2D eigenvalue weighted by atomic mass is 9.59. The molecule has 1 spiro atoms. The number of aromatic nitrogens is 2. The van der Waals surface area contributed by atoms with Crippen LogP contribution in [0.4, 0.5) is 17.3 Å². The molecule has 0 bridgehead atoms. The van der Waals surface area contributed by atoms with Crippen molar-refractivity contribution in [3.05, 3.63) is 101 Å². The van der Waals surface area contributed by atoms with Gasteiger partial charge in [-0.25, -0.2) is 9.97 Å². The molecule has 0 radical (unpaired) electrons. The van der Waals surface area contributed by atoms with Crippen molar-refractivity contribution < 1.29 is 23.9 Å². The van der Waals surface area contributed by atoms with E-state index in [0.717, 1.165) is 75.0 Å². The predicted molar refractivity (Wildman–Crippen MR) is 233 cm³/mol. The maximum absolute atomic E-state index is 13.3. The number of hydrogen-bond donors (Lipinski definition) is 4. The van der Waals surface area contributed by atoms with E-state index in [9.17, 15) is 19.2 Å². The standard InChI is InChI=1S/C47H52N10O5/c48-41(30-6-9-35(10-7-30)62-34-4-2-1-3-5-34)40-42(49)50-28-51-43(40)52-31-14-18-55(19-15-31)33-23-47(24-33)16-20-54(21-17-47)25-29-26-56(27-29)32-8-11-36-37(22-32)46(61)57(45(36)60)38-12-13-39(58)53-44(38)59/h1-11,22,28-29,31,33,38,48H,12-21,23-27H2,(H,53,58,59)(H3,49,50,51,52). The first-order valence-electron chi connectivity index (χ1n) is 22.0. The molecule has 5 fully saturated rings. The van der Waals surface area contributed by atoms with Gasteiger partial charge in [-0.3, -0.25) is 34.8 Å². The van der Waals surface area contributed by atoms with Gasteiger partial charge in [-0.2, -0.15) is 0 Å². The highest BCUT2D eigenvalue weighted by Crippen LogP contribution is 2.51. The van der Waals surface area contributed by atoms with Gasteiger partial charge in [0.15, 0.2) is 0 Å². The number of hydrogen-bond acceptors (Lipinski definition) is 13. The Kier molecular flexibility index (Phi) is 10.5. The van der Waals surface area contributed by atoms with E-state index in [2.05, 4.69) is 35.3 Å². The Morgan fingerprint density at radius 3 is 2.29 bits per heavy atom. The Morgan fingerprint density at radius 1 is 0.855 bits per heavy atom. The summed E-state index contributed by atoms with van der Waals surface area (Å²) < 4.78 is 5.94. The Bertz CT molecular complexity index is 2400. The number of anilines is 3. The number of rotatable bonds is 11. The maximum Gasteiger partial charge on any atom is 0.262 e. The van der Waals surface area contributed by atoms with Crippen molar-refractivity contribution in [1.29, 1.82) is 5.41 Å². The van der Waals surface area contributed by atoms with Crippen molar-refractivity contribution in [1.82, 2.24) is 30.0 Å². The zero-order valence-corrected chi connectivity index (χ0v) is 34.7. The van der Waals surface area contributed by atoms with Crippen LogP contribution in [-0.4, -0.2) is 118 Å². The van der Waals surface area contributed by atoms with Crippen molar-refractivity contribution in [2.45, 2.75) is 69.5 Å². The Balaban J connectivity index is 0.658. The molecule has 5 aliphatic heterocycles. The molecule has 4 amide bonds. The molecule has 4 saturated heterocycles. The van der Waals surface area contributed by atoms with E-state index < -0.39 is 23.8 Å². The zero-order chi connectivity index (χ0) is 42.5. The molecule has 1 aromatic heterocycles. The average molecular weight is 837 g/mol. The molecule has 1 unspecified atom stereocenters. The number of carbonyl (C=O) groups is 4. The van der Waals surface area contributed by atoms with Crippen LogP contribution in [0, 0.1) is 16.7 Å². The van der Waals surface area contributed by atoms with Gasteiger partial charge in [0.1, 0.15) is 35.5 Å². The van der Waals surface area contributed by atoms with Gasteiger partial charge in [0.2, 0.25) is 11.8 Å². The fourth-order valence-corrected chi connectivity index (χ4v) is 10.5. The predicted octanol–water partition coefficient (Wildman–Crippen LogP) is 4.93. The minimum Gasteiger partial charge on any atom is -0.457 e. The Hall–Kier alpha value is -6.19. The monoisotopic (exact) mass is 836 g/mol. The van der Waals surface area contributed by atoms with Gasteiger partial charge in [0.05, 0.1) is 22.4 Å². The second-order valence-electron chi connectivity index (χ2n) is 18.1. The third kappa shape index (κ3) is 7.68. The minimum absolute atomic E-state index is 0.103. The SMILES string of the molecule is N=C(c1ccc(Oc2ccccc2)cc1)c1c(N)ncnc1NC1CCN(C2CC3(CCN(CC4CN(c5ccc6c(c5)C(=O)N(C5CCC(=O)NC5=O)C6=O)C4)CC3)C2)CC1. The molecular weight excluding hydrogens is 785 g/mol. The largest absolute Gasteiger partial charge is 0.457 e. The lowest BCUT2D eigenvalue weighted by Gasteiger charge is -2.56. The van der Waals surface area contributed by atoms with Gasteiger partial charge in [-0.1, -0.05) is 18.2 Å². The second-order valence-corrected chi connectivity index (χ2v) is 18.1. The van der Waals surface area contributed by atoms with E-state index >= 15 is 0 Å². The number of para-hydroxylation sites is 1. The minimum atomic E-state index is -0.958. The third-order valence-corrected chi connectivity index (χ3v) is 14.2. The molecule has 5 N–H and O–H groups in total.